The quantitative estimate of drug-likeness (QED) is 0.0383. The Bertz CT molecular complexity index is 1980. The van der Waals surface area contributed by atoms with Crippen LogP contribution >= 0.6 is 0 Å². The number of nitrogens with one attached hydrogen (secondary N) is 5. The van der Waals surface area contributed by atoms with Gasteiger partial charge in [-0.05, 0) is 75.2 Å². The number of hydroxylamine groups is 1. The number of unbranched alkanes of at least 4 members (excludes halogenated alkanes) is 2. The number of carbonyl (C=O) groups is 7. The molecule has 1 unspecified atom stereocenters. The Hall–Kier alpha value is -4.90. The van der Waals surface area contributed by atoms with Crippen molar-refractivity contribution in [2.45, 2.75) is 149 Å². The first kappa shape index (κ1) is 61.2. The molecule has 1 aliphatic rings. The van der Waals surface area contributed by atoms with E-state index in [2.05, 4.69) is 16.0 Å². The van der Waals surface area contributed by atoms with Crippen LogP contribution in [0.5, 0.6) is 5.75 Å². The second-order valence-electron chi connectivity index (χ2n) is 19.3. The number of likely N-dealkylation sites (tertiary alicyclic amines) is 1. The highest BCUT2D eigenvalue weighted by molar-refractivity contribution is 7.89. The zero-order valence-electron chi connectivity index (χ0n) is 43.5. The SMILES string of the molecule is CC[C@H](C)[C@@H]([C@@H](CC(=O)N1CCC[C@H]1[C@H](OC)[C@@H](C)C(=O)N[C@@H](Cc1ccc(OC(=O)NCCCCCC(=O)NO)cc1)C(=O)NS(C)(=O)=O)OC)N(C)C(=O)[C@@H](NC(=O)C(C(C)C)N(C)C)C(C)C. The molecule has 1 fully saturated rings. The van der Waals surface area contributed by atoms with Crippen LogP contribution in [0, 0.1) is 23.7 Å². The normalized spacial score (nSPS) is 17.4. The summed E-state index contributed by atoms with van der Waals surface area (Å²) in [6.45, 7) is 13.9. The summed E-state index contributed by atoms with van der Waals surface area (Å²) in [5, 5.41) is 16.9. The molecular weight excluding hydrogens is 929 g/mol. The van der Waals surface area contributed by atoms with Crippen molar-refractivity contribution in [3.63, 3.8) is 0 Å². The molecule has 398 valence electrons. The summed E-state index contributed by atoms with van der Waals surface area (Å²) in [5.74, 6) is -4.03. The fourth-order valence-corrected chi connectivity index (χ4v) is 9.59. The largest absolute Gasteiger partial charge is 0.412 e. The molecule has 1 saturated heterocycles. The predicted molar refractivity (Wildman–Crippen MR) is 263 cm³/mol. The average molecular weight is 1010 g/mol. The molecule has 0 spiro atoms. The second-order valence-corrected chi connectivity index (χ2v) is 21.0. The molecule has 22 heteroatoms. The summed E-state index contributed by atoms with van der Waals surface area (Å²) >= 11 is 0. The molecule has 0 bridgehead atoms. The third-order valence-corrected chi connectivity index (χ3v) is 13.5. The monoisotopic (exact) mass is 1010 g/mol. The zero-order valence-corrected chi connectivity index (χ0v) is 44.4. The Morgan fingerprint density at radius 1 is 0.857 bits per heavy atom. The van der Waals surface area contributed by atoms with Gasteiger partial charge in [-0.3, -0.25) is 43.6 Å². The Morgan fingerprint density at radius 2 is 1.50 bits per heavy atom. The minimum atomic E-state index is -4.03. The maximum Gasteiger partial charge on any atom is 0.412 e. The van der Waals surface area contributed by atoms with Crippen LogP contribution in [0.2, 0.25) is 0 Å². The molecule has 0 aromatic heterocycles. The highest BCUT2D eigenvalue weighted by Crippen LogP contribution is 2.30. The second kappa shape index (κ2) is 29.4. The lowest BCUT2D eigenvalue weighted by Crippen LogP contribution is -2.59. The Labute approximate surface area is 415 Å². The number of hydrogen-bond donors (Lipinski definition) is 6. The van der Waals surface area contributed by atoms with Crippen molar-refractivity contribution in [2.75, 3.05) is 54.7 Å². The van der Waals surface area contributed by atoms with Crippen LogP contribution in [0.15, 0.2) is 24.3 Å². The number of likely N-dealkylation sites (N-methyl/N-ethyl adjacent to an activating group) is 2. The van der Waals surface area contributed by atoms with Crippen molar-refractivity contribution in [3.8, 4) is 5.75 Å². The summed E-state index contributed by atoms with van der Waals surface area (Å²) in [4.78, 5) is 98.2. The lowest BCUT2D eigenvalue weighted by Gasteiger charge is -2.41. The van der Waals surface area contributed by atoms with Crippen LogP contribution in [-0.2, 0) is 54.7 Å². The van der Waals surface area contributed by atoms with Gasteiger partial charge in [0, 0.05) is 47.2 Å². The number of sulfonamides is 1. The van der Waals surface area contributed by atoms with E-state index in [1.54, 1.807) is 41.4 Å². The van der Waals surface area contributed by atoms with Crippen LogP contribution in [-0.4, -0.2) is 167 Å². The van der Waals surface area contributed by atoms with Gasteiger partial charge in [0.2, 0.25) is 39.6 Å². The number of amides is 7. The van der Waals surface area contributed by atoms with Crippen LogP contribution < -0.4 is 30.9 Å². The standard InChI is InChI=1S/C48H82N8O13S/c1-14-31(6)42(55(10)47(62)40(29(2)3)51-46(61)41(30(4)5)54(8)9)37(67-11)28-39(58)56-26-18-19-36(56)43(68-12)32(7)44(59)50-35(45(60)53-70(13,65)66)27-33-21-23-34(24-22-33)69-48(63)49-25-17-15-16-20-38(57)52-64/h21-24,29-32,35-37,40-43,64H,14-20,25-28H2,1-13H3,(H,49,63)(H,50,59)(H,51,61)(H,52,57)(H,53,60)/t31-,32+,35-,36-,37+,40-,41?,42-,43+/m0/s1. The van der Waals surface area contributed by atoms with E-state index in [1.165, 1.54) is 26.4 Å². The van der Waals surface area contributed by atoms with E-state index in [0.29, 0.717) is 57.2 Å². The Kier molecular flexibility index (Phi) is 25.8. The molecule has 0 aliphatic carbocycles. The average Bonchev–Trinajstić information content (AvgIpc) is 3.77. The zero-order chi connectivity index (χ0) is 53.0. The first-order valence-corrected chi connectivity index (χ1v) is 26.1. The van der Waals surface area contributed by atoms with Crippen molar-refractivity contribution < 1.29 is 61.4 Å². The smallest absolute Gasteiger partial charge is 0.410 e. The first-order chi connectivity index (χ1) is 32.8. The van der Waals surface area contributed by atoms with Gasteiger partial charge in [0.25, 0.3) is 5.91 Å². The van der Waals surface area contributed by atoms with E-state index in [0.717, 1.165) is 6.26 Å². The molecule has 0 saturated carbocycles. The minimum Gasteiger partial charge on any atom is -0.410 e. The van der Waals surface area contributed by atoms with Crippen LogP contribution in [0.25, 0.3) is 0 Å². The van der Waals surface area contributed by atoms with Gasteiger partial charge >= 0.3 is 6.09 Å². The van der Waals surface area contributed by atoms with E-state index < -0.39 is 82.2 Å². The molecule has 1 aromatic carbocycles. The van der Waals surface area contributed by atoms with Crippen molar-refractivity contribution in [1.29, 1.82) is 0 Å². The van der Waals surface area contributed by atoms with Gasteiger partial charge in [0.05, 0.1) is 48.9 Å². The molecule has 70 heavy (non-hydrogen) atoms. The highest BCUT2D eigenvalue weighted by atomic mass is 32.2. The highest BCUT2D eigenvalue weighted by Gasteiger charge is 2.43. The summed E-state index contributed by atoms with van der Waals surface area (Å²) in [6.07, 6.45) is 1.97. The molecule has 9 atom stereocenters. The van der Waals surface area contributed by atoms with Gasteiger partial charge in [0.1, 0.15) is 17.8 Å². The molecule has 7 amide bonds. The van der Waals surface area contributed by atoms with Gasteiger partial charge in [0.15, 0.2) is 0 Å². The van der Waals surface area contributed by atoms with Crippen molar-refractivity contribution in [1.82, 2.24) is 40.9 Å². The molecular formula is C48H82N8O13S. The summed E-state index contributed by atoms with van der Waals surface area (Å²) < 4.78 is 43.5. The molecule has 0 radical (unpaired) electrons. The predicted octanol–water partition coefficient (Wildman–Crippen LogP) is 2.59. The van der Waals surface area contributed by atoms with Crippen LogP contribution in [0.3, 0.4) is 0 Å². The maximum absolute atomic E-state index is 14.4. The van der Waals surface area contributed by atoms with Gasteiger partial charge in [-0.25, -0.2) is 18.7 Å². The van der Waals surface area contributed by atoms with Crippen molar-refractivity contribution in [3.05, 3.63) is 29.8 Å². The molecule has 1 aliphatic heterocycles. The lowest BCUT2D eigenvalue weighted by atomic mass is 9.89. The number of nitrogens with zero attached hydrogens (tertiary/aromatic N) is 3. The maximum atomic E-state index is 14.4. The Balaban J connectivity index is 2.25. The minimum absolute atomic E-state index is 0.00516. The topological polar surface area (TPSA) is 271 Å². The third kappa shape index (κ3) is 19.0. The van der Waals surface area contributed by atoms with Gasteiger partial charge in [-0.2, -0.15) is 0 Å². The van der Waals surface area contributed by atoms with Crippen molar-refractivity contribution in [2.24, 2.45) is 23.7 Å². The summed E-state index contributed by atoms with van der Waals surface area (Å²) in [6, 6.07) is 2.33. The van der Waals surface area contributed by atoms with E-state index in [9.17, 15) is 42.0 Å². The third-order valence-electron chi connectivity index (χ3n) is 12.9. The molecule has 21 nitrogen and oxygen atoms in total. The van der Waals surface area contributed by atoms with Crippen molar-refractivity contribution >= 4 is 51.6 Å². The van der Waals surface area contributed by atoms with E-state index >= 15 is 0 Å². The van der Waals surface area contributed by atoms with E-state index in [-0.39, 0.29) is 60.5 Å². The van der Waals surface area contributed by atoms with Crippen LogP contribution in [0.1, 0.15) is 105 Å². The molecule has 1 aromatic rings. The number of carbonyl (C=O) groups excluding carboxylic acids is 7. The summed E-state index contributed by atoms with van der Waals surface area (Å²) in [5.41, 5.74) is 2.07. The number of methoxy groups -OCH3 is 2. The number of rotatable bonds is 29. The first-order valence-electron chi connectivity index (χ1n) is 24.2. The van der Waals surface area contributed by atoms with Gasteiger partial charge < -0.3 is 40.0 Å². The number of hydrogen-bond acceptors (Lipinski definition) is 14. The van der Waals surface area contributed by atoms with E-state index in [4.69, 9.17) is 19.4 Å². The fourth-order valence-electron chi connectivity index (χ4n) is 9.08. The van der Waals surface area contributed by atoms with Gasteiger partial charge in [-0.1, -0.05) is 73.4 Å². The number of ether oxygens (including phenoxy) is 3. The Morgan fingerprint density at radius 3 is 2.03 bits per heavy atom. The lowest BCUT2D eigenvalue weighted by molar-refractivity contribution is -0.148. The number of benzene rings is 1. The molecule has 2 rings (SSSR count). The van der Waals surface area contributed by atoms with E-state index in [1.807, 2.05) is 65.3 Å². The van der Waals surface area contributed by atoms with Gasteiger partial charge in [-0.15, -0.1) is 0 Å². The molecule has 1 heterocycles. The molecule has 6 N–H and O–H groups in total. The summed E-state index contributed by atoms with van der Waals surface area (Å²) in [7, 11) is 4.23. The fraction of sp³-hybridized carbons (Fsp3) is 0.729. The van der Waals surface area contributed by atoms with Crippen LogP contribution in [0.4, 0.5) is 4.79 Å².